The molecule has 0 bridgehead atoms. The van der Waals surface area contributed by atoms with Gasteiger partial charge in [0.05, 0.1) is 17.1 Å². The van der Waals surface area contributed by atoms with Crippen LogP contribution in [-0.4, -0.2) is 18.0 Å². The fourth-order valence-electron chi connectivity index (χ4n) is 1.89. The summed E-state index contributed by atoms with van der Waals surface area (Å²) in [7, 11) is 0. The molecule has 0 fully saturated rings. The van der Waals surface area contributed by atoms with Crippen molar-refractivity contribution in [2.24, 2.45) is 0 Å². The Hall–Kier alpha value is -2.47. The zero-order valence-electron chi connectivity index (χ0n) is 12.7. The Morgan fingerprint density at radius 3 is 2.38 bits per heavy atom. The highest BCUT2D eigenvalue weighted by Crippen LogP contribution is 2.22. The van der Waals surface area contributed by atoms with Crippen molar-refractivity contribution in [1.82, 2.24) is 0 Å². The van der Waals surface area contributed by atoms with Crippen molar-refractivity contribution in [3.05, 3.63) is 64.7 Å². The van der Waals surface area contributed by atoms with Crippen molar-refractivity contribution in [1.29, 1.82) is 0 Å². The molecule has 2 aromatic carbocycles. The minimum absolute atomic E-state index is 0.0354. The smallest absolute Gasteiger partial charge is 0.311 e. The van der Waals surface area contributed by atoms with E-state index < -0.39 is 29.6 Å². The second kappa shape index (κ2) is 7.88. The average Bonchev–Trinajstić information content (AvgIpc) is 2.52. The topological polar surface area (TPSA) is 55.4 Å². The zero-order chi connectivity index (χ0) is 17.7. The van der Waals surface area contributed by atoms with Gasteiger partial charge in [-0.2, -0.15) is 0 Å². The Bertz CT molecular complexity index is 750. The molecule has 0 aromatic heterocycles. The number of hydrogen-bond donors (Lipinski definition) is 1. The standard InChI is InChI=1S/C17H14ClF2NO3/c1-10(17(23)21-15-7-6-13(20)9-14(15)18)24-16(22)8-11-2-4-12(19)5-3-11/h2-7,9-10H,8H2,1H3,(H,21,23)/t10-/m0/s1. The summed E-state index contributed by atoms with van der Waals surface area (Å²) >= 11 is 5.81. The Balaban J connectivity index is 1.90. The first-order valence-corrected chi connectivity index (χ1v) is 7.43. The van der Waals surface area contributed by atoms with Crippen molar-refractivity contribution in [3.63, 3.8) is 0 Å². The van der Waals surface area contributed by atoms with E-state index in [2.05, 4.69) is 5.32 Å². The Morgan fingerprint density at radius 2 is 1.75 bits per heavy atom. The molecule has 2 rings (SSSR count). The monoisotopic (exact) mass is 353 g/mol. The fraction of sp³-hybridized carbons (Fsp3) is 0.176. The molecule has 0 aliphatic carbocycles. The van der Waals surface area contributed by atoms with Crippen molar-refractivity contribution in [2.45, 2.75) is 19.4 Å². The van der Waals surface area contributed by atoms with Gasteiger partial charge in [0.2, 0.25) is 0 Å². The molecule has 4 nitrogen and oxygen atoms in total. The molecule has 2 aromatic rings. The summed E-state index contributed by atoms with van der Waals surface area (Å²) in [6, 6.07) is 8.89. The highest BCUT2D eigenvalue weighted by Gasteiger charge is 2.19. The largest absolute Gasteiger partial charge is 0.452 e. The summed E-state index contributed by atoms with van der Waals surface area (Å²) in [5, 5.41) is 2.48. The Morgan fingerprint density at radius 1 is 1.12 bits per heavy atom. The van der Waals surface area contributed by atoms with E-state index in [0.717, 1.165) is 12.1 Å². The van der Waals surface area contributed by atoms with Crippen molar-refractivity contribution in [2.75, 3.05) is 5.32 Å². The van der Waals surface area contributed by atoms with Crippen LogP contribution in [0.15, 0.2) is 42.5 Å². The van der Waals surface area contributed by atoms with Gasteiger partial charge in [-0.25, -0.2) is 8.78 Å². The normalized spacial score (nSPS) is 11.7. The minimum atomic E-state index is -1.07. The summed E-state index contributed by atoms with van der Waals surface area (Å²) < 4.78 is 30.8. The van der Waals surface area contributed by atoms with Gasteiger partial charge in [0.1, 0.15) is 11.6 Å². The second-order valence-corrected chi connectivity index (χ2v) is 5.46. The molecule has 1 atom stereocenters. The maximum atomic E-state index is 13.0. The predicted octanol–water partition coefficient (Wildman–Crippen LogP) is 3.73. The van der Waals surface area contributed by atoms with Crippen LogP contribution in [0.5, 0.6) is 0 Å². The zero-order valence-corrected chi connectivity index (χ0v) is 13.4. The molecule has 0 saturated carbocycles. The van der Waals surface area contributed by atoms with Crippen LogP contribution in [0.2, 0.25) is 5.02 Å². The van der Waals surface area contributed by atoms with Crippen LogP contribution >= 0.6 is 11.6 Å². The molecule has 126 valence electrons. The first-order valence-electron chi connectivity index (χ1n) is 7.05. The molecule has 0 aliphatic rings. The van der Waals surface area contributed by atoms with Crippen LogP contribution < -0.4 is 5.32 Å². The number of benzene rings is 2. The quantitative estimate of drug-likeness (QED) is 0.833. The molecule has 0 spiro atoms. The van der Waals surface area contributed by atoms with Gasteiger partial charge in [0.15, 0.2) is 6.10 Å². The highest BCUT2D eigenvalue weighted by atomic mass is 35.5. The third-order valence-electron chi connectivity index (χ3n) is 3.13. The van der Waals surface area contributed by atoms with Gasteiger partial charge >= 0.3 is 5.97 Å². The lowest BCUT2D eigenvalue weighted by molar-refractivity contribution is -0.152. The Kier molecular flexibility index (Phi) is 5.87. The van der Waals surface area contributed by atoms with Crippen molar-refractivity contribution >= 4 is 29.2 Å². The summed E-state index contributed by atoms with van der Waals surface area (Å²) in [4.78, 5) is 23.8. The van der Waals surface area contributed by atoms with E-state index in [1.54, 1.807) is 0 Å². The number of carbonyl (C=O) groups excluding carboxylic acids is 2. The molecular weight excluding hydrogens is 340 g/mol. The molecule has 24 heavy (non-hydrogen) atoms. The summed E-state index contributed by atoms with van der Waals surface area (Å²) in [5.41, 5.74) is 0.778. The van der Waals surface area contributed by atoms with Gasteiger partial charge in [-0.05, 0) is 42.8 Å². The fourth-order valence-corrected chi connectivity index (χ4v) is 2.10. The molecule has 0 radical (unpaired) electrons. The molecule has 0 heterocycles. The molecule has 0 aliphatic heterocycles. The van der Waals surface area contributed by atoms with Gasteiger partial charge in [-0.1, -0.05) is 23.7 Å². The Labute approximate surface area is 142 Å². The highest BCUT2D eigenvalue weighted by molar-refractivity contribution is 6.33. The predicted molar refractivity (Wildman–Crippen MR) is 85.7 cm³/mol. The summed E-state index contributed by atoms with van der Waals surface area (Å²) in [6.45, 7) is 1.40. The molecule has 7 heteroatoms. The van der Waals surface area contributed by atoms with Crippen molar-refractivity contribution < 1.29 is 23.1 Å². The first-order chi connectivity index (χ1) is 11.3. The average molecular weight is 354 g/mol. The van der Waals surface area contributed by atoms with Crippen LogP contribution in [0, 0.1) is 11.6 Å². The maximum absolute atomic E-state index is 13.0. The van der Waals surface area contributed by atoms with E-state index in [1.807, 2.05) is 0 Å². The third kappa shape index (κ3) is 5.03. The molecule has 0 unspecified atom stereocenters. The van der Waals surface area contributed by atoms with Gasteiger partial charge in [0, 0.05) is 0 Å². The van der Waals surface area contributed by atoms with Gasteiger partial charge in [0.25, 0.3) is 5.91 Å². The first kappa shape index (κ1) is 17.9. The molecule has 1 amide bonds. The number of ether oxygens (including phenoxy) is 1. The minimum Gasteiger partial charge on any atom is -0.452 e. The lowest BCUT2D eigenvalue weighted by atomic mass is 10.1. The second-order valence-electron chi connectivity index (χ2n) is 5.05. The number of rotatable bonds is 5. The van der Waals surface area contributed by atoms with Gasteiger partial charge in [-0.3, -0.25) is 9.59 Å². The molecule has 1 N–H and O–H groups in total. The van der Waals surface area contributed by atoms with Crippen molar-refractivity contribution in [3.8, 4) is 0 Å². The van der Waals surface area contributed by atoms with E-state index in [9.17, 15) is 18.4 Å². The van der Waals surface area contributed by atoms with Crippen LogP contribution in [0.1, 0.15) is 12.5 Å². The lowest BCUT2D eigenvalue weighted by Gasteiger charge is -2.14. The van der Waals surface area contributed by atoms with E-state index in [-0.39, 0.29) is 17.1 Å². The lowest BCUT2D eigenvalue weighted by Crippen LogP contribution is -2.30. The SMILES string of the molecule is C[C@H](OC(=O)Cc1ccc(F)cc1)C(=O)Nc1ccc(F)cc1Cl. The number of nitrogens with one attached hydrogen (secondary N) is 1. The van der Waals surface area contributed by atoms with E-state index >= 15 is 0 Å². The number of carbonyl (C=O) groups is 2. The van der Waals surface area contributed by atoms with Gasteiger partial charge in [-0.15, -0.1) is 0 Å². The number of anilines is 1. The van der Waals surface area contributed by atoms with Gasteiger partial charge < -0.3 is 10.1 Å². The number of halogens is 3. The van der Waals surface area contributed by atoms with Crippen LogP contribution in [0.25, 0.3) is 0 Å². The van der Waals surface area contributed by atoms with E-state index in [4.69, 9.17) is 16.3 Å². The molecule has 0 saturated heterocycles. The maximum Gasteiger partial charge on any atom is 0.311 e. The van der Waals surface area contributed by atoms with E-state index in [0.29, 0.717) is 5.56 Å². The van der Waals surface area contributed by atoms with Crippen LogP contribution in [-0.2, 0) is 20.7 Å². The number of esters is 1. The van der Waals surface area contributed by atoms with E-state index in [1.165, 1.54) is 37.3 Å². The van der Waals surface area contributed by atoms with Crippen LogP contribution in [0.4, 0.5) is 14.5 Å². The van der Waals surface area contributed by atoms with Crippen LogP contribution in [0.3, 0.4) is 0 Å². The summed E-state index contributed by atoms with van der Waals surface area (Å²) in [5.74, 6) is -2.17. The third-order valence-corrected chi connectivity index (χ3v) is 3.44. The summed E-state index contributed by atoms with van der Waals surface area (Å²) in [6.07, 6.45) is -1.16. The number of hydrogen-bond acceptors (Lipinski definition) is 3. The molecular formula is C17H14ClF2NO3. The number of amides is 1.